The number of aliphatic hydroxyl groups is 1. The standard InChI is InChI=1S/C21H23N3O3S/c1-15(25)14-24-20(27)18(28-21(24)23-17-10-6-3-7-11-17)12-19(26)22-13-16-8-4-2-5-9-16/h2-11,15,18,25H,12-14H2,1H3,(H,22,26). The van der Waals surface area contributed by atoms with E-state index in [-0.39, 0.29) is 24.8 Å². The first kappa shape index (κ1) is 20.1. The lowest BCUT2D eigenvalue weighted by Crippen LogP contribution is -2.38. The second kappa shape index (κ2) is 9.52. The lowest BCUT2D eigenvalue weighted by molar-refractivity contribution is -0.130. The van der Waals surface area contributed by atoms with Crippen LogP contribution in [0.5, 0.6) is 0 Å². The fourth-order valence-electron chi connectivity index (χ4n) is 2.81. The molecule has 1 saturated heterocycles. The smallest absolute Gasteiger partial charge is 0.242 e. The van der Waals surface area contributed by atoms with E-state index in [2.05, 4.69) is 10.3 Å². The molecular weight excluding hydrogens is 374 g/mol. The average molecular weight is 398 g/mol. The summed E-state index contributed by atoms with van der Waals surface area (Å²) < 4.78 is 0. The van der Waals surface area contributed by atoms with Gasteiger partial charge in [0.25, 0.3) is 0 Å². The van der Waals surface area contributed by atoms with Crippen LogP contribution >= 0.6 is 11.8 Å². The summed E-state index contributed by atoms with van der Waals surface area (Å²) in [5.41, 5.74) is 1.73. The third-order valence-electron chi connectivity index (χ3n) is 4.15. The number of nitrogens with zero attached hydrogens (tertiary/aromatic N) is 2. The fraction of sp³-hybridized carbons (Fsp3) is 0.286. The van der Waals surface area contributed by atoms with Crippen molar-refractivity contribution >= 4 is 34.4 Å². The van der Waals surface area contributed by atoms with Gasteiger partial charge in [-0.15, -0.1) is 0 Å². The van der Waals surface area contributed by atoms with Crippen molar-refractivity contribution < 1.29 is 14.7 Å². The molecule has 0 saturated carbocycles. The summed E-state index contributed by atoms with van der Waals surface area (Å²) in [5, 5.41) is 12.6. The normalized spacial score (nSPS) is 19.1. The Balaban J connectivity index is 1.67. The van der Waals surface area contributed by atoms with Crippen molar-refractivity contribution in [3.05, 3.63) is 66.2 Å². The quantitative estimate of drug-likeness (QED) is 0.753. The van der Waals surface area contributed by atoms with Gasteiger partial charge >= 0.3 is 0 Å². The number of rotatable bonds is 7. The number of thioether (sulfide) groups is 1. The van der Waals surface area contributed by atoms with Crippen LogP contribution in [-0.2, 0) is 16.1 Å². The second-order valence-corrected chi connectivity index (χ2v) is 7.77. The Morgan fingerprint density at radius 1 is 1.18 bits per heavy atom. The molecule has 0 bridgehead atoms. The predicted octanol–water partition coefficient (Wildman–Crippen LogP) is 2.71. The van der Waals surface area contributed by atoms with Crippen LogP contribution in [0.3, 0.4) is 0 Å². The SMILES string of the molecule is CC(O)CN1C(=O)C(CC(=O)NCc2ccccc2)SC1=Nc1ccccc1. The number of carbonyl (C=O) groups is 2. The molecule has 2 aromatic rings. The van der Waals surface area contributed by atoms with Crippen LogP contribution in [-0.4, -0.2) is 44.9 Å². The lowest BCUT2D eigenvalue weighted by atomic mass is 10.2. The van der Waals surface area contributed by atoms with Gasteiger partial charge in [-0.05, 0) is 24.6 Å². The summed E-state index contributed by atoms with van der Waals surface area (Å²) in [6.07, 6.45) is -0.614. The zero-order valence-corrected chi connectivity index (χ0v) is 16.4. The highest BCUT2D eigenvalue weighted by atomic mass is 32.2. The molecule has 1 aliphatic rings. The van der Waals surface area contributed by atoms with E-state index in [0.29, 0.717) is 11.7 Å². The molecule has 0 aromatic heterocycles. The van der Waals surface area contributed by atoms with E-state index in [1.165, 1.54) is 16.7 Å². The van der Waals surface area contributed by atoms with Crippen molar-refractivity contribution in [2.75, 3.05) is 6.54 Å². The molecule has 1 fully saturated rings. The summed E-state index contributed by atoms with van der Waals surface area (Å²) in [6.45, 7) is 2.20. The molecule has 3 rings (SSSR count). The number of benzene rings is 2. The highest BCUT2D eigenvalue weighted by Gasteiger charge is 2.39. The Bertz CT molecular complexity index is 840. The third kappa shape index (κ3) is 5.43. The number of nitrogens with one attached hydrogen (secondary N) is 1. The molecule has 0 radical (unpaired) electrons. The highest BCUT2D eigenvalue weighted by molar-refractivity contribution is 8.15. The average Bonchev–Trinajstić information content (AvgIpc) is 2.96. The fourth-order valence-corrected chi connectivity index (χ4v) is 3.97. The van der Waals surface area contributed by atoms with Crippen molar-refractivity contribution in [3.8, 4) is 0 Å². The molecular formula is C21H23N3O3S. The van der Waals surface area contributed by atoms with Crippen LogP contribution in [0.1, 0.15) is 18.9 Å². The Labute approximate surface area is 168 Å². The lowest BCUT2D eigenvalue weighted by Gasteiger charge is -2.18. The Morgan fingerprint density at radius 3 is 2.46 bits per heavy atom. The number of aliphatic imine (C=N–C) groups is 1. The summed E-state index contributed by atoms with van der Waals surface area (Å²) in [5.74, 6) is -0.386. The van der Waals surface area contributed by atoms with Gasteiger partial charge in [-0.25, -0.2) is 4.99 Å². The van der Waals surface area contributed by atoms with Gasteiger partial charge in [0.1, 0.15) is 5.25 Å². The molecule has 28 heavy (non-hydrogen) atoms. The van der Waals surface area contributed by atoms with Crippen LogP contribution in [0.4, 0.5) is 5.69 Å². The highest BCUT2D eigenvalue weighted by Crippen LogP contribution is 2.31. The molecule has 2 atom stereocenters. The van der Waals surface area contributed by atoms with E-state index in [0.717, 1.165) is 11.3 Å². The zero-order chi connectivity index (χ0) is 19.9. The largest absolute Gasteiger partial charge is 0.392 e. The summed E-state index contributed by atoms with van der Waals surface area (Å²) in [4.78, 5) is 31.1. The summed E-state index contributed by atoms with van der Waals surface area (Å²) in [7, 11) is 0. The van der Waals surface area contributed by atoms with Crippen molar-refractivity contribution in [1.29, 1.82) is 0 Å². The number of hydrogen-bond acceptors (Lipinski definition) is 5. The van der Waals surface area contributed by atoms with Crippen LogP contribution in [0, 0.1) is 0 Å². The Kier molecular flexibility index (Phi) is 6.84. The molecule has 7 heteroatoms. The van der Waals surface area contributed by atoms with Gasteiger partial charge in [0.2, 0.25) is 11.8 Å². The molecule has 6 nitrogen and oxygen atoms in total. The van der Waals surface area contributed by atoms with Gasteiger partial charge in [0.05, 0.1) is 18.3 Å². The van der Waals surface area contributed by atoms with Crippen molar-refractivity contribution in [2.24, 2.45) is 4.99 Å². The molecule has 0 aliphatic carbocycles. The van der Waals surface area contributed by atoms with Crippen LogP contribution in [0.15, 0.2) is 65.7 Å². The number of aliphatic hydroxyl groups excluding tert-OH is 1. The molecule has 2 aromatic carbocycles. The topological polar surface area (TPSA) is 82.0 Å². The number of amidine groups is 1. The minimum absolute atomic E-state index is 0.0699. The number of carbonyl (C=O) groups excluding carboxylic acids is 2. The van der Waals surface area contributed by atoms with Gasteiger partial charge in [0.15, 0.2) is 5.17 Å². The van der Waals surface area contributed by atoms with E-state index in [4.69, 9.17) is 0 Å². The first-order valence-electron chi connectivity index (χ1n) is 9.13. The molecule has 2 N–H and O–H groups in total. The van der Waals surface area contributed by atoms with Crippen LogP contribution < -0.4 is 5.32 Å². The van der Waals surface area contributed by atoms with Crippen LogP contribution in [0.2, 0.25) is 0 Å². The summed E-state index contributed by atoms with van der Waals surface area (Å²) in [6, 6.07) is 18.9. The molecule has 146 valence electrons. The van der Waals surface area contributed by atoms with Gasteiger partial charge in [-0.1, -0.05) is 60.3 Å². The van der Waals surface area contributed by atoms with E-state index < -0.39 is 11.4 Å². The number of amides is 2. The van der Waals surface area contributed by atoms with Gasteiger partial charge in [-0.3, -0.25) is 14.5 Å². The maximum absolute atomic E-state index is 12.8. The van der Waals surface area contributed by atoms with E-state index in [9.17, 15) is 14.7 Å². The van der Waals surface area contributed by atoms with Crippen molar-refractivity contribution in [2.45, 2.75) is 31.2 Å². The minimum atomic E-state index is -0.684. The maximum Gasteiger partial charge on any atom is 0.242 e. The van der Waals surface area contributed by atoms with E-state index >= 15 is 0 Å². The van der Waals surface area contributed by atoms with Crippen molar-refractivity contribution in [1.82, 2.24) is 10.2 Å². The Morgan fingerprint density at radius 2 is 1.82 bits per heavy atom. The first-order chi connectivity index (χ1) is 13.5. The monoisotopic (exact) mass is 397 g/mol. The third-order valence-corrected chi connectivity index (χ3v) is 5.33. The van der Waals surface area contributed by atoms with Crippen LogP contribution in [0.25, 0.3) is 0 Å². The Hall–Kier alpha value is -2.64. The number of para-hydroxylation sites is 1. The number of hydrogen-bond donors (Lipinski definition) is 2. The predicted molar refractivity (Wildman–Crippen MR) is 111 cm³/mol. The first-order valence-corrected chi connectivity index (χ1v) is 10.0. The second-order valence-electron chi connectivity index (χ2n) is 6.60. The minimum Gasteiger partial charge on any atom is -0.392 e. The molecule has 1 aliphatic heterocycles. The van der Waals surface area contributed by atoms with Gasteiger partial charge < -0.3 is 10.4 Å². The van der Waals surface area contributed by atoms with E-state index in [1.807, 2.05) is 60.7 Å². The molecule has 1 heterocycles. The molecule has 2 amide bonds. The maximum atomic E-state index is 12.8. The van der Waals surface area contributed by atoms with Crippen molar-refractivity contribution in [3.63, 3.8) is 0 Å². The van der Waals surface area contributed by atoms with Gasteiger partial charge in [-0.2, -0.15) is 0 Å². The zero-order valence-electron chi connectivity index (χ0n) is 15.6. The van der Waals surface area contributed by atoms with E-state index in [1.54, 1.807) is 6.92 Å². The summed E-state index contributed by atoms with van der Waals surface area (Å²) >= 11 is 1.27. The molecule has 2 unspecified atom stereocenters. The van der Waals surface area contributed by atoms with Gasteiger partial charge in [0, 0.05) is 13.0 Å². The number of β-amino-alcohol motifs (C(OH)–C–C–N with tert-alkyl or cyclic N) is 1. The molecule has 0 spiro atoms.